The number of hydrogen-bond acceptors (Lipinski definition) is 4. The lowest BCUT2D eigenvalue weighted by Crippen LogP contribution is -2.51. The molecule has 0 aliphatic carbocycles. The summed E-state index contributed by atoms with van der Waals surface area (Å²) in [4.78, 5) is 20.1. The summed E-state index contributed by atoms with van der Waals surface area (Å²) < 4.78 is 0. The van der Waals surface area contributed by atoms with Gasteiger partial charge in [0.15, 0.2) is 0 Å². The molecular formula is C20H29N3O2. The van der Waals surface area contributed by atoms with E-state index in [1.54, 1.807) is 0 Å². The fourth-order valence-corrected chi connectivity index (χ4v) is 5.00. The van der Waals surface area contributed by atoms with Gasteiger partial charge in [0.05, 0.1) is 12.5 Å². The van der Waals surface area contributed by atoms with Crippen molar-refractivity contribution in [1.82, 2.24) is 14.7 Å². The van der Waals surface area contributed by atoms with Gasteiger partial charge in [0.2, 0.25) is 5.91 Å². The Morgan fingerprint density at radius 2 is 1.84 bits per heavy atom. The van der Waals surface area contributed by atoms with E-state index in [4.69, 9.17) is 5.11 Å². The molecular weight excluding hydrogens is 314 g/mol. The molecule has 0 saturated carbocycles. The van der Waals surface area contributed by atoms with Gasteiger partial charge in [-0.05, 0) is 31.4 Å². The van der Waals surface area contributed by atoms with Gasteiger partial charge in [-0.25, -0.2) is 0 Å². The van der Waals surface area contributed by atoms with E-state index in [1.807, 2.05) is 0 Å². The van der Waals surface area contributed by atoms with E-state index in [9.17, 15) is 4.79 Å². The van der Waals surface area contributed by atoms with Crippen LogP contribution in [0.2, 0.25) is 0 Å². The highest BCUT2D eigenvalue weighted by molar-refractivity contribution is 5.80. The van der Waals surface area contributed by atoms with E-state index in [0.29, 0.717) is 18.0 Å². The minimum Gasteiger partial charge on any atom is -0.395 e. The zero-order chi connectivity index (χ0) is 17.2. The van der Waals surface area contributed by atoms with Crippen molar-refractivity contribution in [1.29, 1.82) is 0 Å². The molecule has 1 aromatic carbocycles. The van der Waals surface area contributed by atoms with Crippen LogP contribution in [0.15, 0.2) is 30.3 Å². The Hall–Kier alpha value is -1.43. The molecule has 4 rings (SSSR count). The largest absolute Gasteiger partial charge is 0.395 e. The number of rotatable bonds is 4. The van der Waals surface area contributed by atoms with Crippen LogP contribution in [0.5, 0.6) is 0 Å². The van der Waals surface area contributed by atoms with E-state index in [0.717, 1.165) is 52.1 Å². The zero-order valence-corrected chi connectivity index (χ0v) is 14.9. The molecule has 0 aromatic heterocycles. The van der Waals surface area contributed by atoms with E-state index >= 15 is 0 Å². The van der Waals surface area contributed by atoms with Crippen LogP contribution in [0.3, 0.4) is 0 Å². The van der Waals surface area contributed by atoms with Gasteiger partial charge in [0, 0.05) is 44.8 Å². The summed E-state index contributed by atoms with van der Waals surface area (Å²) in [7, 11) is 0. The third-order valence-electron chi connectivity index (χ3n) is 6.29. The number of carbonyl (C=O) groups excluding carboxylic acids is 1. The summed E-state index contributed by atoms with van der Waals surface area (Å²) in [6.45, 7) is 5.42. The van der Waals surface area contributed by atoms with Gasteiger partial charge in [0.25, 0.3) is 0 Å². The van der Waals surface area contributed by atoms with Crippen molar-refractivity contribution >= 4 is 5.91 Å². The normalized spacial score (nSPS) is 30.6. The molecule has 3 heterocycles. The van der Waals surface area contributed by atoms with Gasteiger partial charge in [0.1, 0.15) is 0 Å². The van der Waals surface area contributed by atoms with Gasteiger partial charge in [-0.1, -0.05) is 30.3 Å². The number of amides is 1. The van der Waals surface area contributed by atoms with Crippen molar-refractivity contribution < 1.29 is 9.90 Å². The Morgan fingerprint density at radius 3 is 2.56 bits per heavy atom. The molecule has 3 aliphatic heterocycles. The molecule has 0 bridgehead atoms. The average molecular weight is 343 g/mol. The molecule has 5 heteroatoms. The smallest absolute Gasteiger partial charge is 0.227 e. The first-order valence-electron chi connectivity index (χ1n) is 9.70. The predicted molar refractivity (Wildman–Crippen MR) is 97.1 cm³/mol. The van der Waals surface area contributed by atoms with E-state index in [1.165, 1.54) is 12.0 Å². The minimum atomic E-state index is 0.150. The highest BCUT2D eigenvalue weighted by atomic mass is 16.3. The number of β-amino-alcohol motifs (C(OH)–C–C–N with tert-alkyl or cyclic N) is 1. The number of piperazine rings is 1. The SMILES string of the molecule is O=C([C@@H]1C[C@H](c2ccccc2)N2CCC[C@@H]12)N1CCN(CCO)CC1. The second-order valence-corrected chi connectivity index (χ2v) is 7.61. The van der Waals surface area contributed by atoms with Crippen LogP contribution in [0.4, 0.5) is 0 Å². The predicted octanol–water partition coefficient (Wildman–Crippen LogP) is 1.35. The first kappa shape index (κ1) is 17.0. The van der Waals surface area contributed by atoms with Crippen LogP contribution in [0.1, 0.15) is 30.9 Å². The minimum absolute atomic E-state index is 0.150. The van der Waals surface area contributed by atoms with E-state index in [-0.39, 0.29) is 12.5 Å². The molecule has 3 aliphatic rings. The van der Waals surface area contributed by atoms with Crippen molar-refractivity contribution in [3.05, 3.63) is 35.9 Å². The summed E-state index contributed by atoms with van der Waals surface area (Å²) in [6, 6.07) is 11.5. The molecule has 25 heavy (non-hydrogen) atoms. The van der Waals surface area contributed by atoms with Crippen molar-refractivity contribution in [2.75, 3.05) is 45.9 Å². The van der Waals surface area contributed by atoms with Crippen molar-refractivity contribution in [3.63, 3.8) is 0 Å². The molecule has 0 radical (unpaired) electrons. The standard InChI is InChI=1S/C20H29N3O2/c24-14-13-21-9-11-22(12-10-21)20(25)17-15-19(16-5-2-1-3-6-16)23-8-4-7-18(17)23/h1-3,5-6,17-19,24H,4,7-15H2/t17-,18+,19-/m1/s1. The average Bonchev–Trinajstić information content (AvgIpc) is 3.25. The van der Waals surface area contributed by atoms with Crippen LogP contribution in [-0.2, 0) is 4.79 Å². The quantitative estimate of drug-likeness (QED) is 0.896. The van der Waals surface area contributed by atoms with Crippen LogP contribution in [0.25, 0.3) is 0 Å². The van der Waals surface area contributed by atoms with Crippen molar-refractivity contribution in [2.24, 2.45) is 5.92 Å². The molecule has 0 spiro atoms. The fourth-order valence-electron chi connectivity index (χ4n) is 5.00. The highest BCUT2D eigenvalue weighted by Gasteiger charge is 2.48. The second kappa shape index (κ2) is 7.44. The number of benzene rings is 1. The number of carbonyl (C=O) groups is 1. The monoisotopic (exact) mass is 343 g/mol. The van der Waals surface area contributed by atoms with Gasteiger partial charge in [-0.3, -0.25) is 14.6 Å². The zero-order valence-electron chi connectivity index (χ0n) is 14.9. The number of nitrogens with zero attached hydrogens (tertiary/aromatic N) is 3. The van der Waals surface area contributed by atoms with Crippen LogP contribution in [0, 0.1) is 5.92 Å². The molecule has 1 N–H and O–H groups in total. The van der Waals surface area contributed by atoms with Gasteiger partial charge >= 0.3 is 0 Å². The van der Waals surface area contributed by atoms with E-state index < -0.39 is 0 Å². The summed E-state index contributed by atoms with van der Waals surface area (Å²) in [5.41, 5.74) is 1.36. The Balaban J connectivity index is 1.44. The van der Waals surface area contributed by atoms with Crippen molar-refractivity contribution in [2.45, 2.75) is 31.3 Å². The van der Waals surface area contributed by atoms with E-state index in [2.05, 4.69) is 45.0 Å². The summed E-state index contributed by atoms with van der Waals surface area (Å²) in [5.74, 6) is 0.510. The third kappa shape index (κ3) is 3.33. The molecule has 136 valence electrons. The molecule has 3 atom stereocenters. The first-order valence-corrected chi connectivity index (χ1v) is 9.70. The summed E-state index contributed by atoms with van der Waals surface area (Å²) in [6.07, 6.45) is 3.33. The summed E-state index contributed by atoms with van der Waals surface area (Å²) >= 11 is 0. The fraction of sp³-hybridized carbons (Fsp3) is 0.650. The molecule has 0 unspecified atom stereocenters. The Morgan fingerprint density at radius 1 is 1.08 bits per heavy atom. The Bertz CT molecular complexity index is 586. The highest BCUT2D eigenvalue weighted by Crippen LogP contribution is 2.45. The molecule has 5 nitrogen and oxygen atoms in total. The first-order chi connectivity index (χ1) is 12.3. The lowest BCUT2D eigenvalue weighted by molar-refractivity contribution is -0.138. The Kier molecular flexibility index (Phi) is 5.06. The van der Waals surface area contributed by atoms with Crippen molar-refractivity contribution in [3.8, 4) is 0 Å². The Labute approximate surface area is 150 Å². The van der Waals surface area contributed by atoms with Gasteiger partial charge in [-0.2, -0.15) is 0 Å². The topological polar surface area (TPSA) is 47.0 Å². The van der Waals surface area contributed by atoms with Gasteiger partial charge in [-0.15, -0.1) is 0 Å². The second-order valence-electron chi connectivity index (χ2n) is 7.61. The number of aliphatic hydroxyl groups excluding tert-OH is 1. The molecule has 1 aromatic rings. The maximum atomic E-state index is 13.2. The van der Waals surface area contributed by atoms with Gasteiger partial charge < -0.3 is 10.0 Å². The number of aliphatic hydroxyl groups is 1. The lowest BCUT2D eigenvalue weighted by atomic mass is 9.93. The molecule has 3 saturated heterocycles. The number of hydrogen-bond donors (Lipinski definition) is 1. The van der Waals surface area contributed by atoms with Crippen LogP contribution in [-0.4, -0.2) is 77.6 Å². The van der Waals surface area contributed by atoms with Crippen LogP contribution < -0.4 is 0 Å². The lowest BCUT2D eigenvalue weighted by Gasteiger charge is -2.36. The third-order valence-corrected chi connectivity index (χ3v) is 6.29. The number of fused-ring (bicyclic) bond motifs is 1. The molecule has 1 amide bonds. The maximum absolute atomic E-state index is 13.2. The molecule has 3 fully saturated rings. The summed E-state index contributed by atoms with van der Waals surface area (Å²) in [5, 5.41) is 9.08. The van der Waals surface area contributed by atoms with Crippen LogP contribution >= 0.6 is 0 Å². The maximum Gasteiger partial charge on any atom is 0.227 e.